The first-order chi connectivity index (χ1) is 9.56. The summed E-state index contributed by atoms with van der Waals surface area (Å²) in [5, 5.41) is 2.98. The normalized spacial score (nSPS) is 11.9. The Morgan fingerprint density at radius 3 is 2.75 bits per heavy atom. The van der Waals surface area contributed by atoms with E-state index in [1.165, 1.54) is 5.56 Å². The van der Waals surface area contributed by atoms with Crippen molar-refractivity contribution in [3.63, 3.8) is 0 Å². The van der Waals surface area contributed by atoms with Crippen molar-refractivity contribution in [2.24, 2.45) is 0 Å². The summed E-state index contributed by atoms with van der Waals surface area (Å²) in [7, 11) is 0. The van der Waals surface area contributed by atoms with Gasteiger partial charge in [0.25, 0.3) is 0 Å². The highest BCUT2D eigenvalue weighted by Gasteiger charge is 2.12. The van der Waals surface area contributed by atoms with Crippen LogP contribution in [0.25, 0.3) is 0 Å². The predicted molar refractivity (Wildman–Crippen MR) is 81.8 cm³/mol. The first kappa shape index (κ1) is 14.3. The second-order valence-electron chi connectivity index (χ2n) is 5.26. The Labute approximate surface area is 120 Å². The standard InChI is InChI=1S/C17H20N2O/c1-12-6-7-16(14(3)9-12)19-17(20)10-13(2)15-5-4-8-18-11-15/h4-9,11,13H,10H2,1-3H3,(H,19,20). The maximum absolute atomic E-state index is 12.1. The summed E-state index contributed by atoms with van der Waals surface area (Å²) in [6, 6.07) is 9.93. The molecule has 0 saturated carbocycles. The molecule has 0 radical (unpaired) electrons. The SMILES string of the molecule is Cc1ccc(NC(=O)CC(C)c2cccnc2)c(C)c1. The second kappa shape index (κ2) is 6.33. The van der Waals surface area contributed by atoms with Crippen LogP contribution in [0.2, 0.25) is 0 Å². The average molecular weight is 268 g/mol. The molecule has 20 heavy (non-hydrogen) atoms. The van der Waals surface area contributed by atoms with Crippen molar-refractivity contribution in [2.45, 2.75) is 33.1 Å². The summed E-state index contributed by atoms with van der Waals surface area (Å²) in [6.07, 6.45) is 4.01. The Hall–Kier alpha value is -2.16. The van der Waals surface area contributed by atoms with Crippen LogP contribution in [0.15, 0.2) is 42.7 Å². The highest BCUT2D eigenvalue weighted by atomic mass is 16.1. The molecule has 0 aliphatic rings. The molecule has 1 aromatic heterocycles. The summed E-state index contributed by atoms with van der Waals surface area (Å²) < 4.78 is 0. The van der Waals surface area contributed by atoms with Crippen LogP contribution in [-0.4, -0.2) is 10.9 Å². The number of hydrogen-bond donors (Lipinski definition) is 1. The Morgan fingerprint density at radius 2 is 2.10 bits per heavy atom. The Morgan fingerprint density at radius 1 is 1.30 bits per heavy atom. The van der Waals surface area contributed by atoms with Gasteiger partial charge in [-0.3, -0.25) is 9.78 Å². The van der Waals surface area contributed by atoms with E-state index < -0.39 is 0 Å². The maximum atomic E-state index is 12.1. The molecule has 0 aliphatic heterocycles. The summed E-state index contributed by atoms with van der Waals surface area (Å²) in [4.78, 5) is 16.2. The van der Waals surface area contributed by atoms with Crippen molar-refractivity contribution in [3.8, 4) is 0 Å². The highest BCUT2D eigenvalue weighted by Crippen LogP contribution is 2.20. The van der Waals surface area contributed by atoms with Gasteiger partial charge in [0.1, 0.15) is 0 Å². The smallest absolute Gasteiger partial charge is 0.224 e. The van der Waals surface area contributed by atoms with E-state index in [9.17, 15) is 4.79 Å². The fourth-order valence-electron chi connectivity index (χ4n) is 2.22. The number of nitrogens with one attached hydrogen (secondary N) is 1. The molecule has 1 unspecified atom stereocenters. The molecular weight excluding hydrogens is 248 g/mol. The number of rotatable bonds is 4. The molecule has 0 saturated heterocycles. The number of anilines is 1. The topological polar surface area (TPSA) is 42.0 Å². The predicted octanol–water partition coefficient (Wildman–Crippen LogP) is 3.83. The first-order valence-corrected chi connectivity index (χ1v) is 6.83. The van der Waals surface area contributed by atoms with Crippen molar-refractivity contribution in [1.29, 1.82) is 0 Å². The molecule has 104 valence electrons. The zero-order valence-electron chi connectivity index (χ0n) is 12.2. The number of carbonyl (C=O) groups is 1. The van der Waals surface area contributed by atoms with Crippen LogP contribution < -0.4 is 5.32 Å². The summed E-state index contributed by atoms with van der Waals surface area (Å²) in [6.45, 7) is 6.09. The Kier molecular flexibility index (Phi) is 4.51. The molecule has 1 heterocycles. The lowest BCUT2D eigenvalue weighted by molar-refractivity contribution is -0.116. The van der Waals surface area contributed by atoms with Crippen LogP contribution in [0.1, 0.15) is 36.0 Å². The van der Waals surface area contributed by atoms with Crippen LogP contribution in [-0.2, 0) is 4.79 Å². The maximum Gasteiger partial charge on any atom is 0.224 e. The van der Waals surface area contributed by atoms with Crippen LogP contribution in [0, 0.1) is 13.8 Å². The molecule has 2 rings (SSSR count). The molecule has 1 N–H and O–H groups in total. The van der Waals surface area contributed by atoms with Gasteiger partial charge < -0.3 is 5.32 Å². The molecule has 0 bridgehead atoms. The number of amides is 1. The van der Waals surface area contributed by atoms with Gasteiger partial charge in [-0.2, -0.15) is 0 Å². The average Bonchev–Trinajstić information content (AvgIpc) is 2.43. The van der Waals surface area contributed by atoms with Gasteiger partial charge in [0, 0.05) is 24.5 Å². The Bertz CT molecular complexity index is 593. The van der Waals surface area contributed by atoms with E-state index in [1.54, 1.807) is 6.20 Å². The quantitative estimate of drug-likeness (QED) is 0.915. The van der Waals surface area contributed by atoms with E-state index in [0.717, 1.165) is 16.8 Å². The van der Waals surface area contributed by atoms with Gasteiger partial charge in [-0.1, -0.05) is 30.7 Å². The molecular formula is C17H20N2O. The number of aromatic nitrogens is 1. The lowest BCUT2D eigenvalue weighted by Crippen LogP contribution is -2.15. The minimum atomic E-state index is 0.0355. The minimum Gasteiger partial charge on any atom is -0.326 e. The molecule has 0 fully saturated rings. The first-order valence-electron chi connectivity index (χ1n) is 6.83. The van der Waals surface area contributed by atoms with Crippen LogP contribution in [0.3, 0.4) is 0 Å². The van der Waals surface area contributed by atoms with Crippen molar-refractivity contribution in [3.05, 3.63) is 59.4 Å². The lowest BCUT2D eigenvalue weighted by atomic mass is 9.99. The van der Waals surface area contributed by atoms with E-state index in [1.807, 2.05) is 51.2 Å². The molecule has 3 nitrogen and oxygen atoms in total. The van der Waals surface area contributed by atoms with Crippen molar-refractivity contribution < 1.29 is 4.79 Å². The highest BCUT2D eigenvalue weighted by molar-refractivity contribution is 5.92. The number of nitrogens with zero attached hydrogens (tertiary/aromatic N) is 1. The number of benzene rings is 1. The fourth-order valence-corrected chi connectivity index (χ4v) is 2.22. The largest absolute Gasteiger partial charge is 0.326 e. The number of aryl methyl sites for hydroxylation is 2. The zero-order chi connectivity index (χ0) is 14.5. The number of pyridine rings is 1. The molecule has 0 aliphatic carbocycles. The van der Waals surface area contributed by atoms with Gasteiger partial charge in [-0.15, -0.1) is 0 Å². The summed E-state index contributed by atoms with van der Waals surface area (Å²) >= 11 is 0. The van der Waals surface area contributed by atoms with Gasteiger partial charge in [0.05, 0.1) is 0 Å². The van der Waals surface area contributed by atoms with Crippen LogP contribution in [0.5, 0.6) is 0 Å². The minimum absolute atomic E-state index is 0.0355. The van der Waals surface area contributed by atoms with E-state index in [2.05, 4.69) is 16.4 Å². The molecule has 1 amide bonds. The van der Waals surface area contributed by atoms with Crippen molar-refractivity contribution in [2.75, 3.05) is 5.32 Å². The van der Waals surface area contributed by atoms with E-state index in [-0.39, 0.29) is 11.8 Å². The summed E-state index contributed by atoms with van der Waals surface area (Å²) in [5.74, 6) is 0.197. The monoisotopic (exact) mass is 268 g/mol. The van der Waals surface area contributed by atoms with Gasteiger partial charge in [-0.05, 0) is 43.0 Å². The van der Waals surface area contributed by atoms with Gasteiger partial charge >= 0.3 is 0 Å². The third kappa shape index (κ3) is 3.67. The van der Waals surface area contributed by atoms with Crippen LogP contribution >= 0.6 is 0 Å². The molecule has 2 aromatic rings. The number of hydrogen-bond acceptors (Lipinski definition) is 2. The second-order valence-corrected chi connectivity index (χ2v) is 5.26. The van der Waals surface area contributed by atoms with Gasteiger partial charge in [0.15, 0.2) is 0 Å². The zero-order valence-corrected chi connectivity index (χ0v) is 12.2. The fraction of sp³-hybridized carbons (Fsp3) is 0.294. The van der Waals surface area contributed by atoms with Crippen molar-refractivity contribution >= 4 is 11.6 Å². The molecule has 1 atom stereocenters. The van der Waals surface area contributed by atoms with Gasteiger partial charge in [-0.25, -0.2) is 0 Å². The molecule has 3 heteroatoms. The lowest BCUT2D eigenvalue weighted by Gasteiger charge is -2.13. The Balaban J connectivity index is 1.99. The van der Waals surface area contributed by atoms with E-state index in [4.69, 9.17) is 0 Å². The van der Waals surface area contributed by atoms with E-state index >= 15 is 0 Å². The van der Waals surface area contributed by atoms with Gasteiger partial charge in [0.2, 0.25) is 5.91 Å². The van der Waals surface area contributed by atoms with Crippen LogP contribution in [0.4, 0.5) is 5.69 Å². The molecule has 1 aromatic carbocycles. The third-order valence-electron chi connectivity index (χ3n) is 3.40. The van der Waals surface area contributed by atoms with E-state index in [0.29, 0.717) is 6.42 Å². The summed E-state index contributed by atoms with van der Waals surface area (Å²) in [5.41, 5.74) is 4.26. The van der Waals surface area contributed by atoms with Crippen molar-refractivity contribution in [1.82, 2.24) is 4.98 Å². The third-order valence-corrected chi connectivity index (χ3v) is 3.40. The number of carbonyl (C=O) groups excluding carboxylic acids is 1. The molecule has 0 spiro atoms.